The fraction of sp³-hybridized carbons (Fsp3) is 0.179. The van der Waals surface area contributed by atoms with Gasteiger partial charge in [0.2, 0.25) is 17.6 Å². The van der Waals surface area contributed by atoms with Crippen molar-refractivity contribution in [2.45, 2.75) is 26.3 Å². The molecular formula is C28H27N3O2. The molecule has 1 aromatic heterocycles. The van der Waals surface area contributed by atoms with Crippen LogP contribution >= 0.6 is 0 Å². The van der Waals surface area contributed by atoms with E-state index in [1.165, 1.54) is 5.56 Å². The van der Waals surface area contributed by atoms with Gasteiger partial charge in [0.1, 0.15) is 0 Å². The van der Waals surface area contributed by atoms with E-state index in [1.807, 2.05) is 110 Å². The average Bonchev–Trinajstić information content (AvgIpc) is 3.33. The summed E-state index contributed by atoms with van der Waals surface area (Å²) >= 11 is 0. The van der Waals surface area contributed by atoms with E-state index in [0.717, 1.165) is 16.7 Å². The molecule has 0 bridgehead atoms. The Hall–Kier alpha value is -3.99. The van der Waals surface area contributed by atoms with Crippen LogP contribution in [-0.4, -0.2) is 27.5 Å². The number of nitrogens with zero attached hydrogens (tertiary/aromatic N) is 3. The van der Waals surface area contributed by atoms with E-state index in [1.54, 1.807) is 6.08 Å². The molecule has 0 spiro atoms. The lowest BCUT2D eigenvalue weighted by Crippen LogP contribution is -2.34. The molecule has 5 nitrogen and oxygen atoms in total. The lowest BCUT2D eigenvalue weighted by molar-refractivity contribution is -0.128. The van der Waals surface area contributed by atoms with Gasteiger partial charge in [0, 0.05) is 24.6 Å². The molecule has 1 amide bonds. The summed E-state index contributed by atoms with van der Waals surface area (Å²) in [5, 5.41) is 4.11. The Morgan fingerprint density at radius 2 is 1.64 bits per heavy atom. The van der Waals surface area contributed by atoms with E-state index in [-0.39, 0.29) is 11.9 Å². The van der Waals surface area contributed by atoms with Gasteiger partial charge in [-0.05, 0) is 31.1 Å². The van der Waals surface area contributed by atoms with Crippen LogP contribution in [0.2, 0.25) is 0 Å². The number of hydrogen-bond donors (Lipinski definition) is 0. The molecule has 0 N–H and O–H groups in total. The van der Waals surface area contributed by atoms with Crippen LogP contribution in [0.3, 0.4) is 0 Å². The highest BCUT2D eigenvalue weighted by Gasteiger charge is 2.21. The Labute approximate surface area is 194 Å². The van der Waals surface area contributed by atoms with E-state index in [4.69, 9.17) is 4.52 Å². The largest absolute Gasteiger partial charge is 0.339 e. The maximum absolute atomic E-state index is 13.2. The van der Waals surface area contributed by atoms with Gasteiger partial charge in [0.05, 0.1) is 6.04 Å². The second-order valence-electron chi connectivity index (χ2n) is 7.99. The summed E-state index contributed by atoms with van der Waals surface area (Å²) < 4.78 is 5.48. The van der Waals surface area contributed by atoms with Crippen molar-refractivity contribution in [3.63, 3.8) is 0 Å². The van der Waals surface area contributed by atoms with Gasteiger partial charge in [-0.3, -0.25) is 4.79 Å². The molecule has 33 heavy (non-hydrogen) atoms. The van der Waals surface area contributed by atoms with Gasteiger partial charge < -0.3 is 9.42 Å². The first-order valence-corrected chi connectivity index (χ1v) is 11.1. The van der Waals surface area contributed by atoms with E-state index >= 15 is 0 Å². The molecule has 0 saturated heterocycles. The van der Waals surface area contributed by atoms with Crippen LogP contribution < -0.4 is 0 Å². The van der Waals surface area contributed by atoms with Crippen LogP contribution in [0.15, 0.2) is 95.5 Å². The van der Waals surface area contributed by atoms with E-state index in [2.05, 4.69) is 10.1 Å². The quantitative estimate of drug-likeness (QED) is 0.323. The molecule has 1 atom stereocenters. The fourth-order valence-corrected chi connectivity index (χ4v) is 3.63. The summed E-state index contributed by atoms with van der Waals surface area (Å²) in [5.41, 5.74) is 4.14. The highest BCUT2D eigenvalue weighted by Crippen LogP contribution is 2.22. The van der Waals surface area contributed by atoms with Crippen LogP contribution in [0.5, 0.6) is 0 Å². The SMILES string of the molecule is Cc1ccc(-c2noc(CCN(C(=O)C=Cc3ccccc3)C(C)c3ccccc3)n2)cc1. The van der Waals surface area contributed by atoms with Crippen LogP contribution in [0.1, 0.15) is 35.5 Å². The molecule has 0 aliphatic rings. The van der Waals surface area contributed by atoms with Gasteiger partial charge in [-0.2, -0.15) is 4.98 Å². The van der Waals surface area contributed by atoms with Crippen LogP contribution in [0.25, 0.3) is 17.5 Å². The zero-order valence-corrected chi connectivity index (χ0v) is 18.9. The van der Waals surface area contributed by atoms with Crippen molar-refractivity contribution in [2.24, 2.45) is 0 Å². The number of aromatic nitrogens is 2. The van der Waals surface area contributed by atoms with Crippen molar-refractivity contribution in [3.8, 4) is 11.4 Å². The minimum absolute atomic E-state index is 0.0616. The molecule has 0 radical (unpaired) electrons. The molecule has 1 unspecified atom stereocenters. The zero-order chi connectivity index (χ0) is 23.0. The van der Waals surface area contributed by atoms with Crippen LogP contribution in [0, 0.1) is 6.92 Å². The number of benzene rings is 3. The van der Waals surface area contributed by atoms with Crippen molar-refractivity contribution in [2.75, 3.05) is 6.54 Å². The maximum Gasteiger partial charge on any atom is 0.247 e. The molecule has 4 rings (SSSR count). The number of aryl methyl sites for hydroxylation is 1. The number of hydrogen-bond acceptors (Lipinski definition) is 4. The standard InChI is InChI=1S/C28H27N3O2/c1-21-13-16-25(17-14-21)28-29-26(33-30-28)19-20-31(22(2)24-11-7-4-8-12-24)27(32)18-15-23-9-5-3-6-10-23/h3-18,22H,19-20H2,1-2H3. The molecule has 0 aliphatic heterocycles. The predicted molar refractivity (Wildman–Crippen MR) is 130 cm³/mol. The molecule has 0 aliphatic carbocycles. The van der Waals surface area contributed by atoms with Crippen LogP contribution in [0.4, 0.5) is 0 Å². The molecule has 5 heteroatoms. The minimum atomic E-state index is -0.0985. The maximum atomic E-state index is 13.2. The Bertz CT molecular complexity index is 1200. The Morgan fingerprint density at radius 3 is 2.33 bits per heavy atom. The van der Waals surface area contributed by atoms with Gasteiger partial charge in [-0.25, -0.2) is 0 Å². The van der Waals surface area contributed by atoms with Gasteiger partial charge in [-0.1, -0.05) is 95.6 Å². The smallest absolute Gasteiger partial charge is 0.247 e. The Kier molecular flexibility index (Phi) is 7.10. The number of rotatable bonds is 8. The molecule has 0 saturated carbocycles. The van der Waals surface area contributed by atoms with E-state index < -0.39 is 0 Å². The minimum Gasteiger partial charge on any atom is -0.339 e. The Morgan fingerprint density at radius 1 is 0.970 bits per heavy atom. The molecule has 3 aromatic carbocycles. The van der Waals surface area contributed by atoms with Crippen molar-refractivity contribution >= 4 is 12.0 Å². The molecule has 0 fully saturated rings. The Balaban J connectivity index is 1.50. The highest BCUT2D eigenvalue weighted by molar-refractivity contribution is 5.92. The summed E-state index contributed by atoms with van der Waals surface area (Å²) in [6.45, 7) is 4.54. The monoisotopic (exact) mass is 437 g/mol. The van der Waals surface area contributed by atoms with Crippen molar-refractivity contribution in [3.05, 3.63) is 114 Å². The van der Waals surface area contributed by atoms with Crippen molar-refractivity contribution in [1.82, 2.24) is 15.0 Å². The first-order valence-electron chi connectivity index (χ1n) is 11.1. The summed E-state index contributed by atoms with van der Waals surface area (Å²) in [5.74, 6) is 1.01. The van der Waals surface area contributed by atoms with Crippen molar-refractivity contribution in [1.29, 1.82) is 0 Å². The molecule has 166 valence electrons. The zero-order valence-electron chi connectivity index (χ0n) is 18.9. The number of carbonyl (C=O) groups excluding carboxylic acids is 1. The normalized spacial score (nSPS) is 12.1. The van der Waals surface area contributed by atoms with Gasteiger partial charge in [0.15, 0.2) is 0 Å². The summed E-state index contributed by atoms with van der Waals surface area (Å²) in [4.78, 5) is 19.6. The third kappa shape index (κ3) is 5.83. The first kappa shape index (κ1) is 22.2. The molecule has 4 aromatic rings. The molecule has 1 heterocycles. The van der Waals surface area contributed by atoms with Crippen LogP contribution in [-0.2, 0) is 11.2 Å². The van der Waals surface area contributed by atoms with Crippen molar-refractivity contribution < 1.29 is 9.32 Å². The van der Waals surface area contributed by atoms with Gasteiger partial charge in [0.25, 0.3) is 0 Å². The fourth-order valence-electron chi connectivity index (χ4n) is 3.63. The lowest BCUT2D eigenvalue weighted by atomic mass is 10.1. The average molecular weight is 438 g/mol. The van der Waals surface area contributed by atoms with Gasteiger partial charge >= 0.3 is 0 Å². The second-order valence-corrected chi connectivity index (χ2v) is 7.99. The summed E-state index contributed by atoms with van der Waals surface area (Å²) in [7, 11) is 0. The third-order valence-electron chi connectivity index (χ3n) is 5.59. The second kappa shape index (κ2) is 10.6. The summed E-state index contributed by atoms with van der Waals surface area (Å²) in [6.07, 6.45) is 3.94. The molecular weight excluding hydrogens is 410 g/mol. The highest BCUT2D eigenvalue weighted by atomic mass is 16.5. The van der Waals surface area contributed by atoms with E-state index in [0.29, 0.717) is 24.7 Å². The first-order chi connectivity index (χ1) is 16.1. The summed E-state index contributed by atoms with van der Waals surface area (Å²) in [6, 6.07) is 27.7. The topological polar surface area (TPSA) is 59.2 Å². The number of carbonyl (C=O) groups is 1. The number of amides is 1. The lowest BCUT2D eigenvalue weighted by Gasteiger charge is -2.28. The third-order valence-corrected chi connectivity index (χ3v) is 5.59. The van der Waals surface area contributed by atoms with E-state index in [9.17, 15) is 4.79 Å². The predicted octanol–water partition coefficient (Wildman–Crippen LogP) is 5.89. The van der Waals surface area contributed by atoms with Gasteiger partial charge in [-0.15, -0.1) is 0 Å².